The Bertz CT molecular complexity index is 944. The summed E-state index contributed by atoms with van der Waals surface area (Å²) in [5.74, 6) is 0.975. The molecule has 0 aliphatic carbocycles. The van der Waals surface area contributed by atoms with Crippen LogP contribution in [0.4, 0.5) is 0 Å². The van der Waals surface area contributed by atoms with Gasteiger partial charge in [0.2, 0.25) is 0 Å². The van der Waals surface area contributed by atoms with Crippen molar-refractivity contribution in [3.05, 3.63) is 35.5 Å². The molecule has 0 saturated carbocycles. The summed E-state index contributed by atoms with van der Waals surface area (Å²) in [5.41, 5.74) is 3.69. The minimum atomic E-state index is -3.06. The number of nitrogens with one attached hydrogen (secondary N) is 2. The zero-order valence-corrected chi connectivity index (χ0v) is 17.5. The molecule has 6 nitrogen and oxygen atoms in total. The van der Waals surface area contributed by atoms with E-state index in [1.165, 1.54) is 16.5 Å². The first-order chi connectivity index (χ1) is 12.7. The number of aliphatic imine (C=N–C) groups is 1. The number of aromatic nitrogens is 1. The van der Waals surface area contributed by atoms with Gasteiger partial charge in [-0.2, -0.15) is 0 Å². The van der Waals surface area contributed by atoms with Crippen LogP contribution < -0.4 is 5.32 Å². The molecule has 1 saturated heterocycles. The number of rotatable bonds is 4. The predicted molar refractivity (Wildman–Crippen MR) is 112 cm³/mol. The Kier molecular flexibility index (Phi) is 5.51. The number of nitrogens with zero attached hydrogens (tertiary/aromatic N) is 2. The van der Waals surface area contributed by atoms with Gasteiger partial charge in [-0.05, 0) is 51.3 Å². The lowest BCUT2D eigenvalue weighted by molar-refractivity contribution is 0.353. The second-order valence-corrected chi connectivity index (χ2v) is 10.5. The zero-order chi connectivity index (χ0) is 19.7. The van der Waals surface area contributed by atoms with Gasteiger partial charge < -0.3 is 15.2 Å². The highest BCUT2D eigenvalue weighted by molar-refractivity contribution is 7.92. The van der Waals surface area contributed by atoms with Gasteiger partial charge in [-0.1, -0.05) is 12.1 Å². The second kappa shape index (κ2) is 7.54. The fourth-order valence-corrected chi connectivity index (χ4v) is 5.05. The van der Waals surface area contributed by atoms with Gasteiger partial charge >= 0.3 is 0 Å². The first kappa shape index (κ1) is 19.7. The Labute approximate surface area is 162 Å². The van der Waals surface area contributed by atoms with Crippen LogP contribution >= 0.6 is 0 Å². The number of hydrogen-bond acceptors (Lipinski definition) is 3. The van der Waals surface area contributed by atoms with E-state index in [-0.39, 0.29) is 5.75 Å². The summed E-state index contributed by atoms with van der Waals surface area (Å²) < 4.78 is 23.8. The van der Waals surface area contributed by atoms with Crippen molar-refractivity contribution in [3.63, 3.8) is 0 Å². The topological polar surface area (TPSA) is 77.6 Å². The molecule has 1 fully saturated rings. The third kappa shape index (κ3) is 3.98. The Morgan fingerprint density at radius 3 is 2.85 bits per heavy atom. The molecule has 0 atom stereocenters. The minimum absolute atomic E-state index is 0.173. The monoisotopic (exact) mass is 390 g/mol. The number of aryl methyl sites for hydroxylation is 1. The van der Waals surface area contributed by atoms with E-state index in [1.54, 1.807) is 13.8 Å². The molecule has 1 aromatic heterocycles. The lowest BCUT2D eigenvalue weighted by Gasteiger charge is -2.39. The van der Waals surface area contributed by atoms with E-state index in [9.17, 15) is 8.42 Å². The number of aromatic amines is 1. The lowest BCUT2D eigenvalue weighted by atomic mass is 10.1. The van der Waals surface area contributed by atoms with E-state index in [2.05, 4.69) is 46.5 Å². The first-order valence-corrected chi connectivity index (χ1v) is 11.2. The predicted octanol–water partition coefficient (Wildman–Crippen LogP) is 2.49. The molecular formula is C20H30N4O2S. The van der Waals surface area contributed by atoms with E-state index >= 15 is 0 Å². The quantitative estimate of drug-likeness (QED) is 0.621. The molecule has 7 heteroatoms. The zero-order valence-electron chi connectivity index (χ0n) is 16.7. The molecule has 0 spiro atoms. The van der Waals surface area contributed by atoms with E-state index in [0.717, 1.165) is 24.4 Å². The number of hydrogen-bond donors (Lipinski definition) is 2. The van der Waals surface area contributed by atoms with Gasteiger partial charge in [-0.25, -0.2) is 8.42 Å². The number of sulfone groups is 1. The number of benzene rings is 1. The van der Waals surface area contributed by atoms with Crippen molar-refractivity contribution in [3.8, 4) is 0 Å². The van der Waals surface area contributed by atoms with Crippen molar-refractivity contribution in [2.45, 2.75) is 38.9 Å². The molecule has 1 aromatic carbocycles. The van der Waals surface area contributed by atoms with Crippen LogP contribution in [0.25, 0.3) is 10.9 Å². The van der Waals surface area contributed by atoms with Crippen molar-refractivity contribution in [2.24, 2.45) is 4.99 Å². The van der Waals surface area contributed by atoms with Crippen molar-refractivity contribution in [1.29, 1.82) is 0 Å². The summed E-state index contributed by atoms with van der Waals surface area (Å²) in [6.45, 7) is 10.1. The average molecular weight is 391 g/mol. The summed E-state index contributed by atoms with van der Waals surface area (Å²) in [6, 6.07) is 6.28. The van der Waals surface area contributed by atoms with Crippen molar-refractivity contribution in [1.82, 2.24) is 15.2 Å². The average Bonchev–Trinajstić information content (AvgIpc) is 3.01. The van der Waals surface area contributed by atoms with E-state index < -0.39 is 14.6 Å². The van der Waals surface area contributed by atoms with Gasteiger partial charge in [-0.15, -0.1) is 0 Å². The van der Waals surface area contributed by atoms with E-state index in [4.69, 9.17) is 4.99 Å². The van der Waals surface area contributed by atoms with Crippen LogP contribution in [0, 0.1) is 6.92 Å². The molecule has 3 rings (SSSR count). The molecule has 27 heavy (non-hydrogen) atoms. The fraction of sp³-hybridized carbons (Fsp3) is 0.550. The Morgan fingerprint density at radius 1 is 1.37 bits per heavy atom. The fourth-order valence-electron chi connectivity index (χ4n) is 3.68. The SMILES string of the molecule is CCNC(=NCCc1c[nH]c2cccc(C)c12)N1CCS(=O)(=O)C(C)(C)C1. The second-order valence-electron chi connectivity index (χ2n) is 7.80. The maximum Gasteiger partial charge on any atom is 0.194 e. The van der Waals surface area contributed by atoms with Crippen molar-refractivity contribution < 1.29 is 8.42 Å². The van der Waals surface area contributed by atoms with Crippen molar-refractivity contribution >= 4 is 26.7 Å². The molecule has 1 aliphatic heterocycles. The smallest absolute Gasteiger partial charge is 0.194 e. The van der Waals surface area contributed by atoms with E-state index in [0.29, 0.717) is 19.6 Å². The van der Waals surface area contributed by atoms with Gasteiger partial charge in [0.15, 0.2) is 15.8 Å². The minimum Gasteiger partial charge on any atom is -0.361 e. The Morgan fingerprint density at radius 2 is 2.15 bits per heavy atom. The third-order valence-electron chi connectivity index (χ3n) is 5.32. The van der Waals surface area contributed by atoms with Gasteiger partial charge in [0.25, 0.3) is 0 Å². The van der Waals surface area contributed by atoms with Gasteiger partial charge in [0.1, 0.15) is 0 Å². The van der Waals surface area contributed by atoms with Crippen molar-refractivity contribution in [2.75, 3.05) is 31.9 Å². The number of guanidine groups is 1. The van der Waals surface area contributed by atoms with Gasteiger partial charge in [0.05, 0.1) is 10.5 Å². The van der Waals surface area contributed by atoms with Crippen LogP contribution in [0.15, 0.2) is 29.4 Å². The van der Waals surface area contributed by atoms with Crippen LogP contribution in [0.5, 0.6) is 0 Å². The molecule has 0 radical (unpaired) electrons. The molecule has 2 aromatic rings. The highest BCUT2D eigenvalue weighted by Gasteiger charge is 2.40. The van der Waals surface area contributed by atoms with Crippen LogP contribution in [0.1, 0.15) is 31.9 Å². The maximum atomic E-state index is 12.3. The lowest BCUT2D eigenvalue weighted by Crippen LogP contribution is -2.57. The molecule has 2 N–H and O–H groups in total. The van der Waals surface area contributed by atoms with Crippen LogP contribution in [0.3, 0.4) is 0 Å². The molecule has 0 bridgehead atoms. The summed E-state index contributed by atoms with van der Waals surface area (Å²) >= 11 is 0. The molecule has 1 aliphatic rings. The van der Waals surface area contributed by atoms with Gasteiger partial charge in [-0.3, -0.25) is 4.99 Å². The summed E-state index contributed by atoms with van der Waals surface area (Å²) in [6.07, 6.45) is 2.91. The summed E-state index contributed by atoms with van der Waals surface area (Å²) in [5, 5.41) is 4.60. The highest BCUT2D eigenvalue weighted by Crippen LogP contribution is 2.24. The normalized spacial score (nSPS) is 19.4. The third-order valence-corrected chi connectivity index (χ3v) is 7.85. The van der Waals surface area contributed by atoms with Crippen LogP contribution in [-0.4, -0.2) is 60.9 Å². The molecule has 0 amide bonds. The molecule has 2 heterocycles. The largest absolute Gasteiger partial charge is 0.361 e. The summed E-state index contributed by atoms with van der Waals surface area (Å²) in [4.78, 5) is 10.2. The molecule has 148 valence electrons. The van der Waals surface area contributed by atoms with Crippen LogP contribution in [0.2, 0.25) is 0 Å². The van der Waals surface area contributed by atoms with Crippen LogP contribution in [-0.2, 0) is 16.3 Å². The maximum absolute atomic E-state index is 12.3. The Balaban J connectivity index is 1.74. The highest BCUT2D eigenvalue weighted by atomic mass is 32.2. The van der Waals surface area contributed by atoms with Gasteiger partial charge in [0, 0.05) is 43.3 Å². The number of fused-ring (bicyclic) bond motifs is 1. The molecule has 0 unspecified atom stereocenters. The van der Waals surface area contributed by atoms with E-state index in [1.807, 2.05) is 6.92 Å². The first-order valence-electron chi connectivity index (χ1n) is 9.56. The molecular weight excluding hydrogens is 360 g/mol. The Hall–Kier alpha value is -2.02. The summed E-state index contributed by atoms with van der Waals surface area (Å²) in [7, 11) is -3.06. The standard InChI is InChI=1S/C20H30N4O2S/c1-5-21-19(24-11-12-27(25,26)20(3,4)14-24)22-10-9-16-13-23-17-8-6-7-15(2)18(16)17/h6-8,13,23H,5,9-12,14H2,1-4H3,(H,21,22). The number of H-pyrrole nitrogens is 1.